The molecule has 0 aromatic heterocycles. The van der Waals surface area contributed by atoms with E-state index in [4.69, 9.17) is 4.74 Å². The van der Waals surface area contributed by atoms with Crippen molar-refractivity contribution in [1.29, 1.82) is 0 Å². The lowest BCUT2D eigenvalue weighted by molar-refractivity contribution is -0.122. The molecule has 25 heavy (non-hydrogen) atoms. The van der Waals surface area contributed by atoms with Crippen molar-refractivity contribution < 1.29 is 17.9 Å². The highest BCUT2D eigenvalue weighted by Crippen LogP contribution is 2.24. The van der Waals surface area contributed by atoms with Crippen molar-refractivity contribution in [3.05, 3.63) is 36.4 Å². The minimum absolute atomic E-state index is 0.0172. The summed E-state index contributed by atoms with van der Waals surface area (Å²) in [6.07, 6.45) is 6.66. The largest absolute Gasteiger partial charge is 0.484 e. The zero-order chi connectivity index (χ0) is 18.3. The van der Waals surface area contributed by atoms with E-state index in [1.807, 2.05) is 0 Å². The van der Waals surface area contributed by atoms with E-state index in [0.29, 0.717) is 17.9 Å². The first-order valence-electron chi connectivity index (χ1n) is 8.56. The Kier molecular flexibility index (Phi) is 7.01. The first-order valence-corrected chi connectivity index (χ1v) is 10.0. The second-order valence-electron chi connectivity index (χ2n) is 6.26. The average Bonchev–Trinajstić information content (AvgIpc) is 2.59. The maximum atomic E-state index is 12.5. The summed E-state index contributed by atoms with van der Waals surface area (Å²) in [5.74, 6) is 0.236. The Morgan fingerprint density at radius 3 is 2.68 bits per heavy atom. The van der Waals surface area contributed by atoms with Crippen LogP contribution in [0.15, 0.2) is 35.7 Å². The van der Waals surface area contributed by atoms with Gasteiger partial charge in [-0.15, -0.1) is 6.58 Å². The molecule has 0 bridgehead atoms. The molecule has 6 nitrogen and oxygen atoms in total. The molecule has 1 aliphatic rings. The van der Waals surface area contributed by atoms with Gasteiger partial charge < -0.3 is 10.1 Å². The van der Waals surface area contributed by atoms with Gasteiger partial charge in [-0.3, -0.25) is 4.79 Å². The molecule has 0 saturated heterocycles. The molecule has 1 fully saturated rings. The first-order chi connectivity index (χ1) is 11.9. The number of carbonyl (C=O) groups is 1. The van der Waals surface area contributed by atoms with Crippen molar-refractivity contribution in [2.75, 3.05) is 13.2 Å². The molecule has 7 heteroatoms. The van der Waals surface area contributed by atoms with Crippen molar-refractivity contribution >= 4 is 15.9 Å². The van der Waals surface area contributed by atoms with Crippen LogP contribution in [0.25, 0.3) is 0 Å². The quantitative estimate of drug-likeness (QED) is 0.692. The van der Waals surface area contributed by atoms with Gasteiger partial charge in [-0.05, 0) is 43.5 Å². The second kappa shape index (κ2) is 9.01. The smallest absolute Gasteiger partial charge is 0.258 e. The molecule has 2 rings (SSSR count). The summed E-state index contributed by atoms with van der Waals surface area (Å²) in [6, 6.07) is 4.69. The summed E-state index contributed by atoms with van der Waals surface area (Å²) in [7, 11) is -3.54. The van der Waals surface area contributed by atoms with Crippen LogP contribution in [0.4, 0.5) is 0 Å². The van der Waals surface area contributed by atoms with Gasteiger partial charge in [0.1, 0.15) is 5.75 Å². The van der Waals surface area contributed by atoms with Crippen LogP contribution in [0, 0.1) is 6.92 Å². The maximum Gasteiger partial charge on any atom is 0.258 e. The number of benzene rings is 1. The van der Waals surface area contributed by atoms with E-state index in [1.54, 1.807) is 25.1 Å². The molecule has 138 valence electrons. The number of amides is 1. The van der Waals surface area contributed by atoms with Crippen molar-refractivity contribution in [2.45, 2.75) is 50.0 Å². The monoisotopic (exact) mass is 366 g/mol. The summed E-state index contributed by atoms with van der Waals surface area (Å²) in [5.41, 5.74) is 0.669. The van der Waals surface area contributed by atoms with E-state index in [9.17, 15) is 13.2 Å². The summed E-state index contributed by atoms with van der Waals surface area (Å²) in [5, 5.41) is 2.62. The van der Waals surface area contributed by atoms with E-state index in [2.05, 4.69) is 16.6 Å². The highest BCUT2D eigenvalue weighted by atomic mass is 32.2. The first kappa shape index (κ1) is 19.5. The number of hydrogen-bond donors (Lipinski definition) is 2. The minimum Gasteiger partial charge on any atom is -0.484 e. The Labute approximate surface area is 149 Å². The molecule has 0 heterocycles. The second-order valence-corrected chi connectivity index (χ2v) is 7.98. The Balaban J connectivity index is 1.99. The predicted octanol–water partition coefficient (Wildman–Crippen LogP) is 2.29. The predicted molar refractivity (Wildman–Crippen MR) is 97.1 cm³/mol. The van der Waals surface area contributed by atoms with Crippen LogP contribution in [-0.4, -0.2) is 33.5 Å². The third kappa shape index (κ3) is 5.86. The Hall–Kier alpha value is -1.86. The van der Waals surface area contributed by atoms with Gasteiger partial charge in [0.15, 0.2) is 6.61 Å². The standard InChI is InChI=1S/C18H26N2O4S/c1-3-11-19-18(21)13-24-17-10-9-16(12-14(17)2)25(22,23)20-15-7-5-4-6-8-15/h3,9-10,12,15,20H,1,4-8,11,13H2,2H3,(H,19,21). The van der Waals surface area contributed by atoms with E-state index >= 15 is 0 Å². The molecule has 1 saturated carbocycles. The summed E-state index contributed by atoms with van der Waals surface area (Å²) in [4.78, 5) is 11.8. The molecule has 0 radical (unpaired) electrons. The van der Waals surface area contributed by atoms with Gasteiger partial charge in [0.2, 0.25) is 10.0 Å². The summed E-state index contributed by atoms with van der Waals surface area (Å²) < 4.78 is 33.3. The van der Waals surface area contributed by atoms with Crippen molar-refractivity contribution in [3.8, 4) is 5.75 Å². The van der Waals surface area contributed by atoms with Gasteiger partial charge in [0.25, 0.3) is 5.91 Å². The number of carbonyl (C=O) groups excluding carboxylic acids is 1. The fraction of sp³-hybridized carbons (Fsp3) is 0.500. The van der Waals surface area contributed by atoms with Crippen LogP contribution in [0.1, 0.15) is 37.7 Å². The lowest BCUT2D eigenvalue weighted by atomic mass is 9.96. The molecule has 2 N–H and O–H groups in total. The zero-order valence-corrected chi connectivity index (χ0v) is 15.4. The van der Waals surface area contributed by atoms with E-state index in [-0.39, 0.29) is 23.5 Å². The van der Waals surface area contributed by atoms with Crippen LogP contribution < -0.4 is 14.8 Å². The van der Waals surface area contributed by atoms with Crippen molar-refractivity contribution in [1.82, 2.24) is 10.0 Å². The molecular formula is C18H26N2O4S. The van der Waals surface area contributed by atoms with Gasteiger partial charge in [-0.1, -0.05) is 25.3 Å². The van der Waals surface area contributed by atoms with Crippen LogP contribution in [0.5, 0.6) is 5.75 Å². The molecule has 0 aliphatic heterocycles. The number of nitrogens with one attached hydrogen (secondary N) is 2. The van der Waals surface area contributed by atoms with Crippen LogP contribution in [0.2, 0.25) is 0 Å². The fourth-order valence-corrected chi connectivity index (χ4v) is 4.23. The van der Waals surface area contributed by atoms with Crippen LogP contribution in [-0.2, 0) is 14.8 Å². The molecule has 0 spiro atoms. The van der Waals surface area contributed by atoms with Crippen molar-refractivity contribution in [2.24, 2.45) is 0 Å². The molecule has 1 aromatic carbocycles. The lowest BCUT2D eigenvalue weighted by Crippen LogP contribution is -2.36. The molecule has 1 aromatic rings. The topological polar surface area (TPSA) is 84.5 Å². The number of aryl methyl sites for hydroxylation is 1. The van der Waals surface area contributed by atoms with Gasteiger partial charge in [-0.2, -0.15) is 0 Å². The van der Waals surface area contributed by atoms with E-state index in [0.717, 1.165) is 25.7 Å². The third-order valence-corrected chi connectivity index (χ3v) is 5.70. The lowest BCUT2D eigenvalue weighted by Gasteiger charge is -2.22. The highest BCUT2D eigenvalue weighted by molar-refractivity contribution is 7.89. The minimum atomic E-state index is -3.54. The number of sulfonamides is 1. The molecular weight excluding hydrogens is 340 g/mol. The molecule has 0 unspecified atom stereocenters. The summed E-state index contributed by atoms with van der Waals surface area (Å²) in [6.45, 7) is 5.54. The maximum absolute atomic E-state index is 12.5. The van der Waals surface area contributed by atoms with Crippen LogP contribution >= 0.6 is 0 Å². The van der Waals surface area contributed by atoms with Crippen LogP contribution in [0.3, 0.4) is 0 Å². The third-order valence-electron chi connectivity index (χ3n) is 4.19. The molecule has 0 atom stereocenters. The van der Waals surface area contributed by atoms with Gasteiger partial charge in [0, 0.05) is 12.6 Å². The van der Waals surface area contributed by atoms with Gasteiger partial charge in [0.05, 0.1) is 4.90 Å². The van der Waals surface area contributed by atoms with Gasteiger partial charge in [-0.25, -0.2) is 13.1 Å². The Bertz CT molecular complexity index is 710. The number of hydrogen-bond acceptors (Lipinski definition) is 4. The molecule has 1 amide bonds. The van der Waals surface area contributed by atoms with E-state index < -0.39 is 10.0 Å². The Morgan fingerprint density at radius 2 is 2.04 bits per heavy atom. The van der Waals surface area contributed by atoms with E-state index in [1.165, 1.54) is 12.5 Å². The highest BCUT2D eigenvalue weighted by Gasteiger charge is 2.22. The number of ether oxygens (including phenoxy) is 1. The summed E-state index contributed by atoms with van der Waals surface area (Å²) >= 11 is 0. The normalized spacial score (nSPS) is 15.6. The van der Waals surface area contributed by atoms with Crippen molar-refractivity contribution in [3.63, 3.8) is 0 Å². The van der Waals surface area contributed by atoms with Gasteiger partial charge >= 0.3 is 0 Å². The molecule has 1 aliphatic carbocycles. The fourth-order valence-electron chi connectivity index (χ4n) is 2.84. The Morgan fingerprint density at radius 1 is 1.32 bits per heavy atom. The SMILES string of the molecule is C=CCNC(=O)COc1ccc(S(=O)(=O)NC2CCCCC2)cc1C. The average molecular weight is 366 g/mol. The number of rotatable bonds is 8. The zero-order valence-electron chi connectivity index (χ0n) is 14.6.